The van der Waals surface area contributed by atoms with Gasteiger partial charge in [-0.1, -0.05) is 127 Å². The maximum atomic E-state index is 5.31. The molecule has 3 aromatic heterocycles. The first-order valence-corrected chi connectivity index (χ1v) is 22.4. The van der Waals surface area contributed by atoms with Gasteiger partial charge in [0.05, 0.1) is 11.0 Å². The van der Waals surface area contributed by atoms with E-state index in [0.29, 0.717) is 22.9 Å². The average Bonchev–Trinajstić information content (AvgIpc) is 3.84. The molecule has 0 spiro atoms. The quantitative estimate of drug-likeness (QED) is 0.168. The number of para-hydroxylation sites is 1. The van der Waals surface area contributed by atoms with Gasteiger partial charge in [-0.2, -0.15) is 0 Å². The maximum absolute atomic E-state index is 5.31. The molecule has 4 aliphatic rings. The third kappa shape index (κ3) is 5.52. The van der Waals surface area contributed by atoms with E-state index in [1.165, 1.54) is 91.7 Å². The second-order valence-corrected chi connectivity index (χ2v) is 19.0. The fourth-order valence-electron chi connectivity index (χ4n) is 11.9. The number of thiophene rings is 1. The van der Waals surface area contributed by atoms with E-state index >= 15 is 0 Å². The molecule has 4 bridgehead atoms. The fraction of sp³-hybridized carbons (Fsp3) is 0.182. The minimum absolute atomic E-state index is 0.344. The van der Waals surface area contributed by atoms with Crippen molar-refractivity contribution in [3.63, 3.8) is 0 Å². The Kier molecular flexibility index (Phi) is 7.63. The Balaban J connectivity index is 0.968. The second kappa shape index (κ2) is 13.3. The highest BCUT2D eigenvalue weighted by Gasteiger charge is 2.51. The molecule has 4 saturated carbocycles. The lowest BCUT2D eigenvalue weighted by Crippen LogP contribution is -2.48. The first-order valence-electron chi connectivity index (χ1n) is 21.6. The van der Waals surface area contributed by atoms with E-state index in [4.69, 9.17) is 15.0 Å². The third-order valence-electron chi connectivity index (χ3n) is 14.2. The predicted molar refractivity (Wildman–Crippen MR) is 249 cm³/mol. The summed E-state index contributed by atoms with van der Waals surface area (Å²) >= 11 is 1.82. The maximum Gasteiger partial charge on any atom is 0.164 e. The molecule has 0 radical (unpaired) electrons. The normalized spacial score (nSPS) is 20.8. The molecule has 0 unspecified atom stereocenters. The smallest absolute Gasteiger partial charge is 0.164 e. The van der Waals surface area contributed by atoms with Crippen molar-refractivity contribution < 1.29 is 0 Å². The van der Waals surface area contributed by atoms with Gasteiger partial charge in [0, 0.05) is 53.3 Å². The van der Waals surface area contributed by atoms with Gasteiger partial charge in [-0.3, -0.25) is 0 Å². The number of fused-ring (bicyclic) bond motifs is 6. The van der Waals surface area contributed by atoms with E-state index in [1.54, 1.807) is 0 Å². The Morgan fingerprint density at radius 2 is 0.983 bits per heavy atom. The van der Waals surface area contributed by atoms with E-state index in [2.05, 4.69) is 168 Å². The molecular formula is C55H42N4S. The molecule has 0 atom stereocenters. The number of hydrogen-bond acceptors (Lipinski definition) is 4. The lowest BCUT2D eigenvalue weighted by Gasteiger charge is -2.57. The molecule has 14 rings (SSSR count). The zero-order valence-electron chi connectivity index (χ0n) is 33.3. The van der Waals surface area contributed by atoms with Gasteiger partial charge in [-0.15, -0.1) is 11.3 Å². The van der Waals surface area contributed by atoms with E-state index in [0.717, 1.165) is 45.6 Å². The Morgan fingerprint density at radius 1 is 0.417 bits per heavy atom. The van der Waals surface area contributed by atoms with Crippen molar-refractivity contribution in [3.8, 4) is 51.0 Å². The molecular weight excluding hydrogens is 749 g/mol. The summed E-state index contributed by atoms with van der Waals surface area (Å²) in [4.78, 5) is 15.9. The molecule has 4 fully saturated rings. The molecule has 0 amide bonds. The van der Waals surface area contributed by atoms with Crippen LogP contribution in [0.1, 0.15) is 44.1 Å². The van der Waals surface area contributed by atoms with Crippen LogP contribution in [0.3, 0.4) is 0 Å². The summed E-state index contributed by atoms with van der Waals surface area (Å²) in [5, 5.41) is 4.98. The van der Waals surface area contributed by atoms with Crippen molar-refractivity contribution in [2.75, 3.05) is 0 Å². The molecule has 0 saturated heterocycles. The summed E-state index contributed by atoms with van der Waals surface area (Å²) in [7, 11) is 0. The van der Waals surface area contributed by atoms with Gasteiger partial charge in [0.2, 0.25) is 0 Å². The fourth-order valence-corrected chi connectivity index (χ4v) is 13.1. The van der Waals surface area contributed by atoms with Crippen molar-refractivity contribution in [2.24, 2.45) is 17.8 Å². The SMILES string of the molecule is c1ccc(-c2cccc(-n3c4ccccc4c4ccc(-c5nc(-c6ccc(C78CC9CC(CC(C9)C7)C8)cc6)nc(-c6ccc7c(c6)sc6ccccc67)n5)cc43)c2)cc1. The molecule has 3 heterocycles. The Bertz CT molecular complexity index is 3270. The van der Waals surface area contributed by atoms with Crippen LogP contribution in [0.15, 0.2) is 164 Å². The highest BCUT2D eigenvalue weighted by Crippen LogP contribution is 2.60. The van der Waals surface area contributed by atoms with Crippen molar-refractivity contribution in [1.82, 2.24) is 19.5 Å². The van der Waals surface area contributed by atoms with Crippen LogP contribution >= 0.6 is 11.3 Å². The van der Waals surface area contributed by atoms with Crippen LogP contribution < -0.4 is 0 Å². The molecule has 0 N–H and O–H groups in total. The minimum atomic E-state index is 0.344. The van der Waals surface area contributed by atoms with Gasteiger partial charge < -0.3 is 4.57 Å². The lowest BCUT2D eigenvalue weighted by atomic mass is 9.48. The summed E-state index contributed by atoms with van der Waals surface area (Å²) in [6, 6.07) is 59.6. The van der Waals surface area contributed by atoms with Gasteiger partial charge in [-0.25, -0.2) is 15.0 Å². The van der Waals surface area contributed by atoms with Crippen LogP contribution in [0.2, 0.25) is 0 Å². The summed E-state index contributed by atoms with van der Waals surface area (Å²) in [5.41, 5.74) is 10.6. The summed E-state index contributed by atoms with van der Waals surface area (Å²) in [6.07, 6.45) is 8.42. The number of aromatic nitrogens is 4. The van der Waals surface area contributed by atoms with Gasteiger partial charge in [-0.05, 0) is 115 Å². The zero-order valence-corrected chi connectivity index (χ0v) is 34.1. The highest BCUT2D eigenvalue weighted by atomic mass is 32.1. The standard InChI is InChI=1S/C55H42N4S/c1-2-9-37(10-3-1)39-11-8-12-43(28-39)59-48-15-6-4-13-44(48)45-23-19-40(29-49(45)59)53-56-52(38-17-21-42(22-18-38)55-31-34-25-35(32-55)27-36(26-34)33-55)57-54(58-53)41-20-24-47-46-14-5-7-16-50(46)60-51(47)30-41/h1-24,28-30,34-36H,25-27,31-33H2. The Morgan fingerprint density at radius 3 is 1.73 bits per heavy atom. The first kappa shape index (κ1) is 34.4. The number of rotatable bonds is 6. The van der Waals surface area contributed by atoms with Gasteiger partial charge in [0.25, 0.3) is 0 Å². The van der Waals surface area contributed by atoms with Gasteiger partial charge >= 0.3 is 0 Å². The second-order valence-electron chi connectivity index (χ2n) is 17.9. The molecule has 10 aromatic rings. The monoisotopic (exact) mass is 790 g/mol. The summed E-state index contributed by atoms with van der Waals surface area (Å²) < 4.78 is 4.92. The molecule has 4 nitrogen and oxygen atoms in total. The highest BCUT2D eigenvalue weighted by molar-refractivity contribution is 7.25. The topological polar surface area (TPSA) is 43.6 Å². The average molecular weight is 791 g/mol. The number of benzene rings is 7. The van der Waals surface area contributed by atoms with Crippen molar-refractivity contribution in [1.29, 1.82) is 0 Å². The molecule has 0 aliphatic heterocycles. The number of hydrogen-bond donors (Lipinski definition) is 0. The van der Waals surface area contributed by atoms with E-state index in [1.807, 2.05) is 11.3 Å². The lowest BCUT2D eigenvalue weighted by molar-refractivity contribution is -0.00518. The molecule has 288 valence electrons. The third-order valence-corrected chi connectivity index (χ3v) is 15.3. The van der Waals surface area contributed by atoms with Crippen LogP contribution in [0.5, 0.6) is 0 Å². The van der Waals surface area contributed by atoms with Gasteiger partial charge in [0.15, 0.2) is 17.5 Å². The van der Waals surface area contributed by atoms with Crippen LogP contribution in [-0.4, -0.2) is 19.5 Å². The van der Waals surface area contributed by atoms with Crippen LogP contribution in [0, 0.1) is 17.8 Å². The summed E-state index contributed by atoms with van der Waals surface area (Å²) in [5.74, 6) is 4.80. The van der Waals surface area contributed by atoms with Gasteiger partial charge in [0.1, 0.15) is 0 Å². The number of nitrogens with zero attached hydrogens (tertiary/aromatic N) is 4. The minimum Gasteiger partial charge on any atom is -0.309 e. The molecule has 7 aromatic carbocycles. The zero-order chi connectivity index (χ0) is 39.4. The Labute approximate surface area is 353 Å². The molecule has 60 heavy (non-hydrogen) atoms. The molecule has 4 aliphatic carbocycles. The van der Waals surface area contributed by atoms with Crippen LogP contribution in [-0.2, 0) is 5.41 Å². The molecule has 5 heteroatoms. The summed E-state index contributed by atoms with van der Waals surface area (Å²) in [6.45, 7) is 0. The van der Waals surface area contributed by atoms with Crippen molar-refractivity contribution in [2.45, 2.75) is 43.9 Å². The first-order chi connectivity index (χ1) is 29.6. The van der Waals surface area contributed by atoms with Crippen molar-refractivity contribution >= 4 is 53.3 Å². The Hall–Kier alpha value is -6.43. The van der Waals surface area contributed by atoms with Crippen molar-refractivity contribution in [3.05, 3.63) is 169 Å². The van der Waals surface area contributed by atoms with E-state index in [9.17, 15) is 0 Å². The van der Waals surface area contributed by atoms with E-state index in [-0.39, 0.29) is 0 Å². The van der Waals surface area contributed by atoms with E-state index < -0.39 is 0 Å². The van der Waals surface area contributed by atoms with Crippen LogP contribution in [0.25, 0.3) is 93.0 Å². The predicted octanol–water partition coefficient (Wildman–Crippen LogP) is 14.5. The van der Waals surface area contributed by atoms with Crippen LogP contribution in [0.4, 0.5) is 0 Å². The largest absolute Gasteiger partial charge is 0.309 e.